The van der Waals surface area contributed by atoms with Gasteiger partial charge >= 0.3 is 6.09 Å². The fraction of sp³-hybridized carbons (Fsp3) is 0.238. The number of aromatic nitrogens is 2. The topological polar surface area (TPSA) is 44.1 Å². The van der Waals surface area contributed by atoms with Crippen molar-refractivity contribution in [3.8, 4) is 0 Å². The molecule has 4 nitrogen and oxygen atoms in total. The van der Waals surface area contributed by atoms with Gasteiger partial charge < -0.3 is 4.74 Å². The van der Waals surface area contributed by atoms with Crippen LogP contribution in [0.5, 0.6) is 0 Å². The summed E-state index contributed by atoms with van der Waals surface area (Å²) in [5, 5.41) is 1.00. The molecule has 0 saturated heterocycles. The maximum atomic E-state index is 12.6. The Labute approximate surface area is 168 Å². The number of hydrogen-bond acceptors (Lipinski definition) is 3. The molecule has 0 spiro atoms. The van der Waals surface area contributed by atoms with Gasteiger partial charge in [0, 0.05) is 28.4 Å². The monoisotopic (exact) mass is 402 g/mol. The summed E-state index contributed by atoms with van der Waals surface area (Å²) in [6.45, 7) is 6.26. The Morgan fingerprint density at radius 3 is 2.59 bits per heavy atom. The molecule has 6 heteroatoms. The summed E-state index contributed by atoms with van der Waals surface area (Å²) in [7, 11) is 0. The molecule has 1 heterocycles. The summed E-state index contributed by atoms with van der Waals surface area (Å²) in [6, 6.07) is 11.2. The fourth-order valence-electron chi connectivity index (χ4n) is 3.08. The van der Waals surface area contributed by atoms with Gasteiger partial charge in [0.1, 0.15) is 12.4 Å². The maximum absolute atomic E-state index is 12.6. The third-order valence-corrected chi connectivity index (χ3v) is 5.09. The van der Waals surface area contributed by atoms with E-state index in [2.05, 4.69) is 31.0 Å². The molecular formula is C21H20Cl2N2O2. The van der Waals surface area contributed by atoms with Gasteiger partial charge in [-0.15, -0.1) is 0 Å². The molecule has 0 radical (unpaired) electrons. The quantitative estimate of drug-likeness (QED) is 0.525. The first-order valence-electron chi connectivity index (χ1n) is 8.58. The lowest BCUT2D eigenvalue weighted by Gasteiger charge is -2.17. The molecule has 0 aliphatic rings. The Hall–Kier alpha value is -2.30. The van der Waals surface area contributed by atoms with Crippen molar-refractivity contribution in [2.45, 2.75) is 33.3 Å². The average Bonchev–Trinajstić information content (AvgIpc) is 3.10. The highest BCUT2D eigenvalue weighted by Crippen LogP contribution is 2.27. The first-order chi connectivity index (χ1) is 12.9. The van der Waals surface area contributed by atoms with Crippen molar-refractivity contribution in [1.82, 2.24) is 9.55 Å². The number of nitrogens with zero attached hydrogens (tertiary/aromatic N) is 2. The van der Waals surface area contributed by atoms with Crippen LogP contribution in [0.3, 0.4) is 0 Å². The zero-order valence-electron chi connectivity index (χ0n) is 15.4. The second kappa shape index (κ2) is 8.15. The first kappa shape index (κ1) is 19.5. The van der Waals surface area contributed by atoms with Crippen molar-refractivity contribution in [2.75, 3.05) is 0 Å². The highest BCUT2D eigenvalue weighted by atomic mass is 35.5. The lowest BCUT2D eigenvalue weighted by Crippen LogP contribution is -2.18. The number of aryl methyl sites for hydroxylation is 1. The number of carbonyl (C=O) groups excluding carboxylic acids is 1. The predicted molar refractivity (Wildman–Crippen MR) is 108 cm³/mol. The van der Waals surface area contributed by atoms with Crippen LogP contribution >= 0.6 is 23.2 Å². The molecular weight excluding hydrogens is 383 g/mol. The molecule has 140 valence electrons. The molecule has 0 saturated carbocycles. The van der Waals surface area contributed by atoms with Crippen LogP contribution in [0.4, 0.5) is 4.79 Å². The smallest absolute Gasteiger partial charge is 0.419 e. The highest BCUT2D eigenvalue weighted by Gasteiger charge is 2.20. The van der Waals surface area contributed by atoms with E-state index in [0.717, 1.165) is 11.1 Å². The zero-order valence-corrected chi connectivity index (χ0v) is 16.9. The fourth-order valence-corrected chi connectivity index (χ4v) is 3.65. The number of hydrogen-bond donors (Lipinski definition) is 0. The molecule has 2 aromatic carbocycles. The second-order valence-electron chi connectivity index (χ2n) is 6.50. The van der Waals surface area contributed by atoms with Gasteiger partial charge in [0.2, 0.25) is 0 Å². The van der Waals surface area contributed by atoms with Crippen molar-refractivity contribution in [2.24, 2.45) is 0 Å². The lowest BCUT2D eigenvalue weighted by atomic mass is 9.93. The minimum atomic E-state index is -0.490. The Bertz CT molecular complexity index is 962. The van der Waals surface area contributed by atoms with Crippen LogP contribution in [0.1, 0.15) is 40.9 Å². The Kier molecular flexibility index (Phi) is 5.88. The van der Waals surface area contributed by atoms with Crippen LogP contribution in [-0.2, 0) is 11.3 Å². The van der Waals surface area contributed by atoms with Gasteiger partial charge in [0.15, 0.2) is 0 Å². The Morgan fingerprint density at radius 1 is 1.19 bits per heavy atom. The van der Waals surface area contributed by atoms with Crippen molar-refractivity contribution >= 4 is 29.3 Å². The van der Waals surface area contributed by atoms with Crippen LogP contribution in [0.15, 0.2) is 48.8 Å². The van der Waals surface area contributed by atoms with E-state index in [-0.39, 0.29) is 12.5 Å². The summed E-state index contributed by atoms with van der Waals surface area (Å²) in [4.78, 5) is 17.0. The van der Waals surface area contributed by atoms with Gasteiger partial charge in [-0.25, -0.2) is 14.3 Å². The summed E-state index contributed by atoms with van der Waals surface area (Å²) < 4.78 is 6.87. The average molecular weight is 403 g/mol. The third kappa shape index (κ3) is 4.34. The van der Waals surface area contributed by atoms with E-state index >= 15 is 0 Å². The number of imidazole rings is 1. The molecule has 1 atom stereocenters. The van der Waals surface area contributed by atoms with Gasteiger partial charge in [-0.05, 0) is 54.3 Å². The normalized spacial score (nSPS) is 12.0. The van der Waals surface area contributed by atoms with Crippen molar-refractivity contribution < 1.29 is 9.53 Å². The van der Waals surface area contributed by atoms with Gasteiger partial charge in [0.25, 0.3) is 0 Å². The molecule has 0 amide bonds. The maximum Gasteiger partial charge on any atom is 0.419 e. The van der Waals surface area contributed by atoms with Crippen LogP contribution in [-0.4, -0.2) is 15.6 Å². The largest absolute Gasteiger partial charge is 0.444 e. The standard InChI is InChI=1S/C21H20Cl2N2O2/c1-13-5-4-6-19(14(13)2)15(3)20-24-7-8-25(20)21(26)27-12-16-9-17(22)11-18(23)10-16/h4-11,15H,12H2,1-3H3/t15-/m0/s1. The number of carbonyl (C=O) groups is 1. The molecule has 3 aromatic rings. The summed E-state index contributed by atoms with van der Waals surface area (Å²) in [5.41, 5.74) is 4.27. The molecule has 0 bridgehead atoms. The first-order valence-corrected chi connectivity index (χ1v) is 9.34. The summed E-state index contributed by atoms with van der Waals surface area (Å²) >= 11 is 12.0. The van der Waals surface area contributed by atoms with Crippen LogP contribution in [0, 0.1) is 13.8 Å². The Balaban J connectivity index is 1.79. The molecule has 3 rings (SSSR count). The summed E-state index contributed by atoms with van der Waals surface area (Å²) in [5.74, 6) is 0.589. The number of halogens is 2. The van der Waals surface area contributed by atoms with Crippen LogP contribution in [0.25, 0.3) is 0 Å². The molecule has 27 heavy (non-hydrogen) atoms. The van der Waals surface area contributed by atoms with E-state index < -0.39 is 6.09 Å². The summed E-state index contributed by atoms with van der Waals surface area (Å²) in [6.07, 6.45) is 2.73. The van der Waals surface area contributed by atoms with Gasteiger partial charge in [-0.2, -0.15) is 0 Å². The van der Waals surface area contributed by atoms with Crippen LogP contribution < -0.4 is 0 Å². The van der Waals surface area contributed by atoms with Crippen molar-refractivity contribution in [3.05, 3.63) is 86.9 Å². The minimum absolute atomic E-state index is 0.0481. The predicted octanol–water partition coefficient (Wildman–Crippen LogP) is 6.14. The van der Waals surface area contributed by atoms with Crippen molar-refractivity contribution in [3.63, 3.8) is 0 Å². The number of benzene rings is 2. The zero-order chi connectivity index (χ0) is 19.6. The minimum Gasteiger partial charge on any atom is -0.444 e. The number of rotatable bonds is 4. The molecule has 0 aliphatic heterocycles. The molecule has 0 fully saturated rings. The third-order valence-electron chi connectivity index (χ3n) is 4.65. The van der Waals surface area contributed by atoms with E-state index in [9.17, 15) is 4.79 Å². The Morgan fingerprint density at radius 2 is 1.89 bits per heavy atom. The SMILES string of the molecule is Cc1cccc([C@H](C)c2nccn2C(=O)OCc2cc(Cl)cc(Cl)c2)c1C. The van der Waals surface area contributed by atoms with E-state index in [1.165, 1.54) is 15.7 Å². The van der Waals surface area contributed by atoms with E-state index in [1.54, 1.807) is 30.6 Å². The van der Waals surface area contributed by atoms with E-state index in [4.69, 9.17) is 27.9 Å². The molecule has 0 N–H and O–H groups in total. The molecule has 0 aliphatic carbocycles. The van der Waals surface area contributed by atoms with Gasteiger partial charge in [-0.1, -0.05) is 48.3 Å². The van der Waals surface area contributed by atoms with Crippen LogP contribution in [0.2, 0.25) is 10.0 Å². The van der Waals surface area contributed by atoms with E-state index in [0.29, 0.717) is 15.9 Å². The van der Waals surface area contributed by atoms with Gasteiger partial charge in [0.05, 0.1) is 0 Å². The van der Waals surface area contributed by atoms with Crippen molar-refractivity contribution in [1.29, 1.82) is 0 Å². The molecule has 0 unspecified atom stereocenters. The molecule has 1 aromatic heterocycles. The lowest BCUT2D eigenvalue weighted by molar-refractivity contribution is 0.140. The van der Waals surface area contributed by atoms with E-state index in [1.807, 2.05) is 13.0 Å². The number of ether oxygens (including phenoxy) is 1. The highest BCUT2D eigenvalue weighted by molar-refractivity contribution is 6.34. The second-order valence-corrected chi connectivity index (χ2v) is 7.37. The van der Waals surface area contributed by atoms with Gasteiger partial charge in [-0.3, -0.25) is 0 Å².